The number of hydrogen-bond acceptors (Lipinski definition) is 5. The van der Waals surface area contributed by atoms with Crippen molar-refractivity contribution in [2.24, 2.45) is 0 Å². The molecular formula is C11H15NO5. The summed E-state index contributed by atoms with van der Waals surface area (Å²) < 4.78 is 9.40. The van der Waals surface area contributed by atoms with Gasteiger partial charge in [-0.3, -0.25) is 4.90 Å². The number of carbonyl (C=O) groups excluding carboxylic acids is 2. The lowest BCUT2D eigenvalue weighted by molar-refractivity contribution is -0.136. The molecule has 0 saturated heterocycles. The van der Waals surface area contributed by atoms with Gasteiger partial charge in [-0.05, 0) is 0 Å². The summed E-state index contributed by atoms with van der Waals surface area (Å²) in [5, 5.41) is 9.21. The van der Waals surface area contributed by atoms with E-state index in [-0.39, 0.29) is 25.3 Å². The van der Waals surface area contributed by atoms with Crippen LogP contribution in [-0.2, 0) is 14.3 Å². The maximum atomic E-state index is 11.6. The predicted octanol–water partition coefficient (Wildman–Crippen LogP) is 0.0849. The molecule has 1 aliphatic heterocycles. The van der Waals surface area contributed by atoms with Crippen LogP contribution in [0.15, 0.2) is 24.3 Å². The van der Waals surface area contributed by atoms with Gasteiger partial charge in [-0.2, -0.15) is 0 Å². The first-order chi connectivity index (χ1) is 8.15. The zero-order valence-electron chi connectivity index (χ0n) is 9.59. The molecule has 1 heterocycles. The van der Waals surface area contributed by atoms with E-state index < -0.39 is 18.1 Å². The first kappa shape index (κ1) is 13.2. The molecule has 6 nitrogen and oxygen atoms in total. The normalized spacial score (nSPS) is 18.6. The second-order valence-electron chi connectivity index (χ2n) is 3.37. The Morgan fingerprint density at radius 1 is 1.71 bits per heavy atom. The number of methoxy groups -OCH3 is 1. The molecule has 1 N–H and O–H groups in total. The molecule has 6 heteroatoms. The molecule has 1 rings (SSSR count). The Bertz CT molecular complexity index is 350. The van der Waals surface area contributed by atoms with Crippen LogP contribution in [0.4, 0.5) is 4.79 Å². The number of ether oxygens (including phenoxy) is 2. The Labute approximate surface area is 99.1 Å². The number of aliphatic hydroxyl groups is 1. The van der Waals surface area contributed by atoms with E-state index in [0.29, 0.717) is 0 Å². The van der Waals surface area contributed by atoms with Gasteiger partial charge in [0.05, 0.1) is 25.3 Å². The average Bonchev–Trinajstić information content (AvgIpc) is 2.78. The number of esters is 1. The third-order valence-electron chi connectivity index (χ3n) is 2.40. The van der Waals surface area contributed by atoms with Crippen LogP contribution in [-0.4, -0.2) is 55.0 Å². The van der Waals surface area contributed by atoms with Gasteiger partial charge < -0.3 is 14.6 Å². The molecule has 0 fully saturated rings. The molecule has 0 radical (unpaired) electrons. The van der Waals surface area contributed by atoms with E-state index in [9.17, 15) is 14.7 Å². The minimum atomic E-state index is -0.709. The molecule has 0 unspecified atom stereocenters. The number of aliphatic hydroxyl groups excluding tert-OH is 1. The summed E-state index contributed by atoms with van der Waals surface area (Å²) in [5.74, 6) is -0.553. The van der Waals surface area contributed by atoms with Gasteiger partial charge in [0.15, 0.2) is 0 Å². The fraction of sp³-hybridized carbons (Fsp3) is 0.455. The van der Waals surface area contributed by atoms with E-state index in [1.54, 1.807) is 6.08 Å². The Morgan fingerprint density at radius 3 is 2.94 bits per heavy atom. The summed E-state index contributed by atoms with van der Waals surface area (Å²) in [6.07, 6.45) is 2.39. The molecule has 1 amide bonds. The zero-order valence-corrected chi connectivity index (χ0v) is 9.59. The Hall–Kier alpha value is -1.82. The Kier molecular flexibility index (Phi) is 4.71. The van der Waals surface area contributed by atoms with Gasteiger partial charge in [0.25, 0.3) is 0 Å². The molecule has 0 aromatic rings. The standard InChI is InChI=1S/C11H15NO5/c1-3-6-17-11(15)12-5-4-8(9(12)7-13)10(14)16-2/h3-4,9,13H,1,5-7H2,2H3/t9-/m1/s1. The molecular weight excluding hydrogens is 226 g/mol. The number of hydrogen-bond donors (Lipinski definition) is 1. The highest BCUT2D eigenvalue weighted by atomic mass is 16.6. The highest BCUT2D eigenvalue weighted by Crippen LogP contribution is 2.20. The van der Waals surface area contributed by atoms with Crippen molar-refractivity contribution in [3.8, 4) is 0 Å². The number of nitrogens with zero attached hydrogens (tertiary/aromatic N) is 1. The van der Waals surface area contributed by atoms with Crippen molar-refractivity contribution in [3.63, 3.8) is 0 Å². The number of amides is 1. The minimum absolute atomic E-state index is 0.0844. The van der Waals surface area contributed by atoms with Gasteiger partial charge >= 0.3 is 12.1 Å². The molecule has 0 aromatic carbocycles. The van der Waals surface area contributed by atoms with Crippen LogP contribution in [0.25, 0.3) is 0 Å². The van der Waals surface area contributed by atoms with E-state index in [4.69, 9.17) is 4.74 Å². The lowest BCUT2D eigenvalue weighted by Gasteiger charge is -2.23. The van der Waals surface area contributed by atoms with Crippen LogP contribution >= 0.6 is 0 Å². The van der Waals surface area contributed by atoms with Crippen LogP contribution in [0.1, 0.15) is 0 Å². The van der Waals surface area contributed by atoms with Crippen LogP contribution < -0.4 is 0 Å². The molecule has 0 saturated carbocycles. The Morgan fingerprint density at radius 2 is 2.41 bits per heavy atom. The molecule has 0 bridgehead atoms. The lowest BCUT2D eigenvalue weighted by Crippen LogP contribution is -2.41. The molecule has 94 valence electrons. The molecule has 0 spiro atoms. The van der Waals surface area contributed by atoms with E-state index in [0.717, 1.165) is 0 Å². The molecule has 17 heavy (non-hydrogen) atoms. The quantitative estimate of drug-likeness (QED) is 0.557. The van der Waals surface area contributed by atoms with Crippen molar-refractivity contribution in [3.05, 3.63) is 24.3 Å². The van der Waals surface area contributed by atoms with E-state index in [1.807, 2.05) is 0 Å². The smallest absolute Gasteiger partial charge is 0.410 e. The monoisotopic (exact) mass is 241 g/mol. The van der Waals surface area contributed by atoms with Gasteiger partial charge in [0.2, 0.25) is 0 Å². The highest BCUT2D eigenvalue weighted by Gasteiger charge is 2.35. The van der Waals surface area contributed by atoms with Crippen molar-refractivity contribution in [2.75, 3.05) is 26.9 Å². The van der Waals surface area contributed by atoms with Crippen LogP contribution in [0.5, 0.6) is 0 Å². The molecule has 0 aromatic heterocycles. The fourth-order valence-corrected chi connectivity index (χ4v) is 1.58. The average molecular weight is 241 g/mol. The number of rotatable bonds is 4. The van der Waals surface area contributed by atoms with Crippen molar-refractivity contribution in [1.29, 1.82) is 0 Å². The van der Waals surface area contributed by atoms with Gasteiger partial charge in [0, 0.05) is 6.54 Å². The van der Waals surface area contributed by atoms with Crippen LogP contribution in [0.2, 0.25) is 0 Å². The zero-order chi connectivity index (χ0) is 12.8. The van der Waals surface area contributed by atoms with Gasteiger partial charge in [-0.15, -0.1) is 0 Å². The molecule has 1 atom stereocenters. The van der Waals surface area contributed by atoms with E-state index in [1.165, 1.54) is 18.1 Å². The maximum Gasteiger partial charge on any atom is 0.410 e. The second kappa shape index (κ2) is 6.05. The molecule has 1 aliphatic rings. The second-order valence-corrected chi connectivity index (χ2v) is 3.37. The van der Waals surface area contributed by atoms with Crippen molar-refractivity contribution < 1.29 is 24.2 Å². The molecule has 0 aliphatic carbocycles. The first-order valence-corrected chi connectivity index (χ1v) is 5.09. The summed E-state index contributed by atoms with van der Waals surface area (Å²) in [4.78, 5) is 24.2. The SMILES string of the molecule is C=CCOC(=O)N1CC=C(C(=O)OC)[C@H]1CO. The highest BCUT2D eigenvalue weighted by molar-refractivity contribution is 5.91. The summed E-state index contributed by atoms with van der Waals surface area (Å²) >= 11 is 0. The fourth-order valence-electron chi connectivity index (χ4n) is 1.58. The topological polar surface area (TPSA) is 76.1 Å². The van der Waals surface area contributed by atoms with Crippen LogP contribution in [0.3, 0.4) is 0 Å². The van der Waals surface area contributed by atoms with Crippen molar-refractivity contribution >= 4 is 12.1 Å². The Balaban J connectivity index is 2.70. The van der Waals surface area contributed by atoms with Crippen molar-refractivity contribution in [1.82, 2.24) is 4.90 Å². The maximum absolute atomic E-state index is 11.6. The van der Waals surface area contributed by atoms with Gasteiger partial charge in [-0.25, -0.2) is 9.59 Å². The van der Waals surface area contributed by atoms with E-state index >= 15 is 0 Å². The number of carbonyl (C=O) groups is 2. The first-order valence-electron chi connectivity index (χ1n) is 5.09. The summed E-state index contributed by atoms with van der Waals surface area (Å²) in [6, 6.07) is -0.709. The third-order valence-corrected chi connectivity index (χ3v) is 2.40. The summed E-state index contributed by atoms with van der Waals surface area (Å²) in [6.45, 7) is 3.36. The predicted molar refractivity (Wildman–Crippen MR) is 59.2 cm³/mol. The summed E-state index contributed by atoms with van der Waals surface area (Å²) in [7, 11) is 1.25. The van der Waals surface area contributed by atoms with E-state index in [2.05, 4.69) is 11.3 Å². The lowest BCUT2D eigenvalue weighted by atomic mass is 10.1. The third kappa shape index (κ3) is 2.85. The van der Waals surface area contributed by atoms with Crippen LogP contribution in [0, 0.1) is 0 Å². The summed E-state index contributed by atoms with van der Waals surface area (Å²) in [5.41, 5.74) is 0.269. The van der Waals surface area contributed by atoms with Gasteiger partial charge in [-0.1, -0.05) is 18.7 Å². The van der Waals surface area contributed by atoms with Crippen molar-refractivity contribution in [2.45, 2.75) is 6.04 Å². The van der Waals surface area contributed by atoms with Gasteiger partial charge in [0.1, 0.15) is 6.61 Å². The largest absolute Gasteiger partial charge is 0.466 e. The minimum Gasteiger partial charge on any atom is -0.466 e.